The van der Waals surface area contributed by atoms with Crippen LogP contribution in [0.5, 0.6) is 5.75 Å². The van der Waals surface area contributed by atoms with E-state index in [2.05, 4.69) is 0 Å². The highest BCUT2D eigenvalue weighted by atomic mass is 19.4. The Morgan fingerprint density at radius 1 is 1.11 bits per heavy atom. The third-order valence-electron chi connectivity index (χ3n) is 4.46. The maximum absolute atomic E-state index is 14.2. The van der Waals surface area contributed by atoms with Crippen LogP contribution in [0.1, 0.15) is 36.5 Å². The number of carbonyl (C=O) groups is 2. The Morgan fingerprint density at radius 2 is 1.70 bits per heavy atom. The molecule has 1 aliphatic heterocycles. The first kappa shape index (κ1) is 21.0. The first-order valence-electron chi connectivity index (χ1n) is 8.71. The fraction of sp³-hybridized carbons (Fsp3) is 0.556. The monoisotopic (exact) mass is 388 g/mol. The minimum atomic E-state index is -5.06. The SMILES string of the molecule is CCOC(=O)[C@](NC(=O)c1ccc(OC)cc1)(N1CCCCC1)C(F)(F)F. The van der Waals surface area contributed by atoms with E-state index in [0.717, 1.165) is 11.3 Å². The molecule has 0 aliphatic carbocycles. The number of hydrogen-bond acceptors (Lipinski definition) is 5. The van der Waals surface area contributed by atoms with E-state index in [4.69, 9.17) is 9.47 Å². The number of benzene rings is 1. The minimum Gasteiger partial charge on any atom is -0.497 e. The molecule has 1 atom stereocenters. The van der Waals surface area contributed by atoms with Gasteiger partial charge < -0.3 is 14.8 Å². The second kappa shape index (κ2) is 8.60. The Hall–Kier alpha value is -2.29. The van der Waals surface area contributed by atoms with E-state index in [1.54, 1.807) is 0 Å². The van der Waals surface area contributed by atoms with Gasteiger partial charge in [0, 0.05) is 18.7 Å². The van der Waals surface area contributed by atoms with Crippen molar-refractivity contribution in [1.29, 1.82) is 0 Å². The van der Waals surface area contributed by atoms with Gasteiger partial charge in [0.15, 0.2) is 0 Å². The van der Waals surface area contributed by atoms with Crippen LogP contribution in [0.15, 0.2) is 24.3 Å². The number of methoxy groups -OCH3 is 1. The third kappa shape index (κ3) is 4.35. The molecule has 1 saturated heterocycles. The van der Waals surface area contributed by atoms with Gasteiger partial charge in [-0.2, -0.15) is 13.2 Å². The van der Waals surface area contributed by atoms with Gasteiger partial charge in [0.05, 0.1) is 13.7 Å². The summed E-state index contributed by atoms with van der Waals surface area (Å²) in [6, 6.07) is 5.57. The molecule has 1 aromatic carbocycles. The number of hydrogen-bond donors (Lipinski definition) is 1. The molecule has 27 heavy (non-hydrogen) atoms. The zero-order valence-electron chi connectivity index (χ0n) is 15.3. The molecule has 1 aliphatic rings. The van der Waals surface area contributed by atoms with Crippen molar-refractivity contribution in [2.45, 2.75) is 38.0 Å². The summed E-state index contributed by atoms with van der Waals surface area (Å²) in [5, 5.41) is 1.93. The highest BCUT2D eigenvalue weighted by Gasteiger charge is 2.66. The summed E-state index contributed by atoms with van der Waals surface area (Å²) in [6.45, 7) is 1.24. The van der Waals surface area contributed by atoms with Crippen LogP contribution in [0.25, 0.3) is 0 Å². The van der Waals surface area contributed by atoms with Gasteiger partial charge in [-0.3, -0.25) is 9.69 Å². The Morgan fingerprint density at radius 3 is 2.19 bits per heavy atom. The lowest BCUT2D eigenvalue weighted by Crippen LogP contribution is -2.74. The highest BCUT2D eigenvalue weighted by Crippen LogP contribution is 2.37. The van der Waals surface area contributed by atoms with Gasteiger partial charge in [-0.05, 0) is 44.0 Å². The second-order valence-electron chi connectivity index (χ2n) is 6.16. The number of ether oxygens (including phenoxy) is 2. The number of nitrogens with zero attached hydrogens (tertiary/aromatic N) is 1. The molecule has 0 spiro atoms. The molecule has 0 saturated carbocycles. The second-order valence-corrected chi connectivity index (χ2v) is 6.16. The van der Waals surface area contributed by atoms with Crippen LogP contribution < -0.4 is 10.1 Å². The number of halogens is 3. The summed E-state index contributed by atoms with van der Waals surface area (Å²) in [7, 11) is 1.43. The van der Waals surface area contributed by atoms with Crippen LogP contribution in [0.4, 0.5) is 13.2 Å². The van der Waals surface area contributed by atoms with Gasteiger partial charge in [-0.15, -0.1) is 0 Å². The molecule has 1 aromatic rings. The molecule has 0 bridgehead atoms. The van der Waals surface area contributed by atoms with Crippen LogP contribution >= 0.6 is 0 Å². The first-order valence-corrected chi connectivity index (χ1v) is 8.71. The van der Waals surface area contributed by atoms with Gasteiger partial charge >= 0.3 is 12.1 Å². The summed E-state index contributed by atoms with van der Waals surface area (Å²) in [5.74, 6) is -2.09. The molecule has 0 aromatic heterocycles. The van der Waals surface area contributed by atoms with Crippen molar-refractivity contribution in [3.63, 3.8) is 0 Å². The maximum Gasteiger partial charge on any atom is 0.436 e. The number of nitrogens with one attached hydrogen (secondary N) is 1. The number of alkyl halides is 3. The molecular weight excluding hydrogens is 365 g/mol. The van der Waals surface area contributed by atoms with Gasteiger partial charge in [0.25, 0.3) is 11.6 Å². The Balaban J connectivity index is 2.42. The van der Waals surface area contributed by atoms with Crippen molar-refractivity contribution < 1.29 is 32.2 Å². The highest BCUT2D eigenvalue weighted by molar-refractivity contribution is 5.98. The van der Waals surface area contributed by atoms with Crippen molar-refractivity contribution in [3.05, 3.63) is 29.8 Å². The van der Waals surface area contributed by atoms with Crippen LogP contribution in [-0.2, 0) is 9.53 Å². The number of likely N-dealkylation sites (tertiary alicyclic amines) is 1. The van der Waals surface area contributed by atoms with E-state index in [0.29, 0.717) is 18.6 Å². The molecule has 9 heteroatoms. The van der Waals surface area contributed by atoms with E-state index in [1.807, 2.05) is 5.32 Å². The van der Waals surface area contributed by atoms with Crippen molar-refractivity contribution in [2.24, 2.45) is 0 Å². The Kier molecular flexibility index (Phi) is 6.69. The molecule has 150 valence electrons. The van der Waals surface area contributed by atoms with E-state index in [-0.39, 0.29) is 25.3 Å². The summed E-state index contributed by atoms with van der Waals surface area (Å²) >= 11 is 0. The summed E-state index contributed by atoms with van der Waals surface area (Å²) < 4.78 is 52.2. The smallest absolute Gasteiger partial charge is 0.436 e. The summed E-state index contributed by atoms with van der Waals surface area (Å²) in [6.07, 6.45) is -3.30. The van der Waals surface area contributed by atoms with Crippen LogP contribution in [0, 0.1) is 0 Å². The fourth-order valence-corrected chi connectivity index (χ4v) is 3.07. The predicted octanol–water partition coefficient (Wildman–Crippen LogP) is 2.73. The van der Waals surface area contributed by atoms with E-state index in [9.17, 15) is 22.8 Å². The van der Waals surface area contributed by atoms with Gasteiger partial charge in [-0.1, -0.05) is 6.42 Å². The molecule has 1 heterocycles. The first-order chi connectivity index (χ1) is 12.8. The topological polar surface area (TPSA) is 67.9 Å². The zero-order chi connectivity index (χ0) is 20.1. The molecule has 1 N–H and O–H groups in total. The van der Waals surface area contributed by atoms with Gasteiger partial charge in [0.2, 0.25) is 0 Å². The summed E-state index contributed by atoms with van der Waals surface area (Å²) in [4.78, 5) is 26.0. The van der Waals surface area contributed by atoms with Crippen molar-refractivity contribution in [3.8, 4) is 5.75 Å². The number of esters is 1. The molecule has 6 nitrogen and oxygen atoms in total. The normalized spacial score (nSPS) is 17.7. The van der Waals surface area contributed by atoms with Crippen molar-refractivity contribution in [1.82, 2.24) is 10.2 Å². The average molecular weight is 388 g/mol. The molecular formula is C18H23F3N2O4. The van der Waals surface area contributed by atoms with E-state index in [1.165, 1.54) is 38.3 Å². The lowest BCUT2D eigenvalue weighted by atomic mass is 10.0. The quantitative estimate of drug-likeness (QED) is 0.759. The van der Waals surface area contributed by atoms with Gasteiger partial charge in [-0.25, -0.2) is 4.79 Å². The lowest BCUT2D eigenvalue weighted by Gasteiger charge is -2.44. The van der Waals surface area contributed by atoms with Crippen LogP contribution in [0.2, 0.25) is 0 Å². The molecule has 2 rings (SSSR count). The molecule has 1 fully saturated rings. The van der Waals surface area contributed by atoms with E-state index >= 15 is 0 Å². The van der Waals surface area contributed by atoms with Crippen LogP contribution in [0.3, 0.4) is 0 Å². The standard InChI is InChI=1S/C18H23F3N2O4/c1-3-27-16(25)17(18(19,20)21,23-11-5-4-6-12-23)22-15(24)13-7-9-14(26-2)10-8-13/h7-10H,3-6,11-12H2,1-2H3,(H,22,24)/t17-/m0/s1. The number of amides is 1. The fourth-order valence-electron chi connectivity index (χ4n) is 3.07. The number of piperidine rings is 1. The predicted molar refractivity (Wildman–Crippen MR) is 91.3 cm³/mol. The Bertz CT molecular complexity index is 658. The number of carbonyl (C=O) groups excluding carboxylic acids is 2. The van der Waals surface area contributed by atoms with Crippen molar-refractivity contribution in [2.75, 3.05) is 26.8 Å². The molecule has 0 unspecified atom stereocenters. The minimum absolute atomic E-state index is 0.0225. The Labute approximate surface area is 155 Å². The zero-order valence-corrected chi connectivity index (χ0v) is 15.3. The maximum atomic E-state index is 14.2. The molecule has 1 amide bonds. The van der Waals surface area contributed by atoms with Crippen LogP contribution in [-0.4, -0.2) is 55.4 Å². The van der Waals surface area contributed by atoms with E-state index < -0.39 is 23.7 Å². The van der Waals surface area contributed by atoms with Crippen molar-refractivity contribution >= 4 is 11.9 Å². The molecule has 0 radical (unpaired) electrons. The third-order valence-corrected chi connectivity index (χ3v) is 4.46. The average Bonchev–Trinajstić information content (AvgIpc) is 2.65. The lowest BCUT2D eigenvalue weighted by molar-refractivity contribution is -0.248. The largest absolute Gasteiger partial charge is 0.497 e. The summed E-state index contributed by atoms with van der Waals surface area (Å²) in [5.41, 5.74) is -3.24. The number of rotatable bonds is 6. The van der Waals surface area contributed by atoms with Gasteiger partial charge in [0.1, 0.15) is 5.75 Å².